The number of anilines is 2. The van der Waals surface area contributed by atoms with E-state index < -0.39 is 10.0 Å². The highest BCUT2D eigenvalue weighted by Crippen LogP contribution is 2.24. The summed E-state index contributed by atoms with van der Waals surface area (Å²) in [5, 5.41) is 2.96. The van der Waals surface area contributed by atoms with Crippen molar-refractivity contribution in [1.29, 1.82) is 0 Å². The molecule has 6 nitrogen and oxygen atoms in total. The third-order valence-electron chi connectivity index (χ3n) is 5.42. The van der Waals surface area contributed by atoms with E-state index >= 15 is 0 Å². The van der Waals surface area contributed by atoms with Crippen molar-refractivity contribution < 1.29 is 13.2 Å². The van der Waals surface area contributed by atoms with E-state index in [4.69, 9.17) is 0 Å². The van der Waals surface area contributed by atoms with Crippen LogP contribution in [0, 0.1) is 6.92 Å². The maximum Gasteiger partial charge on any atom is 0.251 e. The number of hydrogen-bond donors (Lipinski definition) is 1. The Morgan fingerprint density at radius 3 is 2.60 bits per heavy atom. The van der Waals surface area contributed by atoms with Crippen molar-refractivity contribution in [3.63, 3.8) is 0 Å². The van der Waals surface area contributed by atoms with Crippen LogP contribution in [0.1, 0.15) is 42.1 Å². The van der Waals surface area contributed by atoms with Gasteiger partial charge in [-0.1, -0.05) is 23.8 Å². The molecule has 2 aromatic carbocycles. The average molecular weight is 430 g/mol. The van der Waals surface area contributed by atoms with E-state index in [0.717, 1.165) is 25.9 Å². The number of hydrogen-bond acceptors (Lipinski definition) is 4. The molecular formula is C23H31N3O3S. The first-order valence-electron chi connectivity index (χ1n) is 10.6. The lowest BCUT2D eigenvalue weighted by Gasteiger charge is -2.28. The zero-order valence-corrected chi connectivity index (χ0v) is 18.6. The first-order chi connectivity index (χ1) is 14.4. The summed E-state index contributed by atoms with van der Waals surface area (Å²) in [6.07, 6.45) is 2.36. The molecule has 1 aliphatic heterocycles. The fraction of sp³-hybridized carbons (Fsp3) is 0.435. The summed E-state index contributed by atoms with van der Waals surface area (Å²) in [4.78, 5) is 14.9. The minimum atomic E-state index is -3.29. The van der Waals surface area contributed by atoms with Gasteiger partial charge in [0.2, 0.25) is 10.0 Å². The number of rotatable bonds is 8. The Hall–Kier alpha value is -2.54. The molecule has 0 radical (unpaired) electrons. The zero-order valence-electron chi connectivity index (χ0n) is 17.8. The van der Waals surface area contributed by atoms with Crippen LogP contribution < -0.4 is 14.5 Å². The van der Waals surface area contributed by atoms with Gasteiger partial charge in [0.1, 0.15) is 0 Å². The minimum absolute atomic E-state index is 0.165. The van der Waals surface area contributed by atoms with Gasteiger partial charge in [-0.2, -0.15) is 0 Å². The van der Waals surface area contributed by atoms with Gasteiger partial charge in [-0.3, -0.25) is 9.10 Å². The first kappa shape index (κ1) is 22.2. The SMILES string of the molecule is CCN(CCCNC(=O)c1cccc(N2CCCCS2(=O)=O)c1)c1ccc(C)cc1. The molecule has 0 atom stereocenters. The van der Waals surface area contributed by atoms with Crippen molar-refractivity contribution in [2.45, 2.75) is 33.1 Å². The Labute approximate surface area is 179 Å². The second-order valence-corrected chi connectivity index (χ2v) is 9.68. The second kappa shape index (κ2) is 9.98. The Balaban J connectivity index is 1.54. The quantitative estimate of drug-likeness (QED) is 0.652. The fourth-order valence-electron chi connectivity index (χ4n) is 3.68. The van der Waals surface area contributed by atoms with Crippen molar-refractivity contribution in [3.05, 3.63) is 59.7 Å². The largest absolute Gasteiger partial charge is 0.372 e. The standard InChI is InChI=1S/C23H31N3O3S/c1-3-25(21-12-10-19(2)11-13-21)15-7-14-24-23(27)20-8-6-9-22(18-20)26-16-4-5-17-30(26,28)29/h6,8-13,18H,3-5,7,14-17H2,1-2H3,(H,24,27). The van der Waals surface area contributed by atoms with Crippen LogP contribution in [0.3, 0.4) is 0 Å². The summed E-state index contributed by atoms with van der Waals surface area (Å²) in [6, 6.07) is 15.3. The predicted molar refractivity (Wildman–Crippen MR) is 123 cm³/mol. The molecule has 1 aliphatic rings. The van der Waals surface area contributed by atoms with Gasteiger partial charge in [0, 0.05) is 37.4 Å². The lowest BCUT2D eigenvalue weighted by Crippen LogP contribution is -2.38. The highest BCUT2D eigenvalue weighted by molar-refractivity contribution is 7.92. The number of carbonyl (C=O) groups is 1. The Morgan fingerprint density at radius 1 is 1.13 bits per heavy atom. The third kappa shape index (κ3) is 5.53. The van der Waals surface area contributed by atoms with Gasteiger partial charge >= 0.3 is 0 Å². The molecule has 1 saturated heterocycles. The molecule has 162 valence electrons. The third-order valence-corrected chi connectivity index (χ3v) is 7.29. The van der Waals surface area contributed by atoms with Gasteiger partial charge in [-0.25, -0.2) is 8.42 Å². The number of carbonyl (C=O) groups excluding carboxylic acids is 1. The van der Waals surface area contributed by atoms with Crippen LogP contribution in [0.25, 0.3) is 0 Å². The van der Waals surface area contributed by atoms with Crippen LogP contribution in [-0.4, -0.2) is 46.3 Å². The van der Waals surface area contributed by atoms with Gasteiger partial charge in [-0.15, -0.1) is 0 Å². The molecule has 0 spiro atoms. The van der Waals surface area contributed by atoms with Crippen molar-refractivity contribution >= 4 is 27.3 Å². The van der Waals surface area contributed by atoms with Crippen molar-refractivity contribution in [3.8, 4) is 0 Å². The molecule has 1 N–H and O–H groups in total. The topological polar surface area (TPSA) is 69.7 Å². The summed E-state index contributed by atoms with van der Waals surface area (Å²) in [5.74, 6) is -0.0112. The van der Waals surface area contributed by atoms with Crippen molar-refractivity contribution in [2.75, 3.05) is 41.1 Å². The van der Waals surface area contributed by atoms with Gasteiger partial charge in [0.05, 0.1) is 11.4 Å². The minimum Gasteiger partial charge on any atom is -0.372 e. The number of amides is 1. The molecule has 30 heavy (non-hydrogen) atoms. The molecule has 0 aromatic heterocycles. The molecule has 0 aliphatic carbocycles. The maximum absolute atomic E-state index is 12.6. The number of nitrogens with one attached hydrogen (secondary N) is 1. The van der Waals surface area contributed by atoms with Crippen LogP contribution in [0.15, 0.2) is 48.5 Å². The maximum atomic E-state index is 12.6. The van der Waals surface area contributed by atoms with E-state index in [1.54, 1.807) is 24.3 Å². The Bertz CT molecular complexity index is 958. The van der Waals surface area contributed by atoms with Gasteiger partial charge < -0.3 is 10.2 Å². The van der Waals surface area contributed by atoms with E-state index in [0.29, 0.717) is 30.8 Å². The predicted octanol–water partition coefficient (Wildman–Crippen LogP) is 3.57. The van der Waals surface area contributed by atoms with E-state index in [1.165, 1.54) is 15.6 Å². The lowest BCUT2D eigenvalue weighted by molar-refractivity contribution is 0.0953. The summed E-state index contributed by atoms with van der Waals surface area (Å²) >= 11 is 0. The zero-order chi connectivity index (χ0) is 21.6. The molecule has 0 bridgehead atoms. The molecule has 0 saturated carbocycles. The van der Waals surface area contributed by atoms with Gasteiger partial charge in [0.25, 0.3) is 5.91 Å². The molecule has 1 amide bonds. The fourth-order valence-corrected chi connectivity index (χ4v) is 5.31. The molecule has 1 heterocycles. The number of aryl methyl sites for hydroxylation is 1. The molecule has 0 unspecified atom stereocenters. The van der Waals surface area contributed by atoms with Crippen LogP contribution in [0.2, 0.25) is 0 Å². The molecular weight excluding hydrogens is 398 g/mol. The van der Waals surface area contributed by atoms with Crippen LogP contribution in [0.4, 0.5) is 11.4 Å². The summed E-state index contributed by atoms with van der Waals surface area (Å²) in [6.45, 7) is 6.99. The molecule has 1 fully saturated rings. The Morgan fingerprint density at radius 2 is 1.90 bits per heavy atom. The number of benzene rings is 2. The molecule has 2 aromatic rings. The molecule has 7 heteroatoms. The van der Waals surface area contributed by atoms with Crippen LogP contribution >= 0.6 is 0 Å². The summed E-state index contributed by atoms with van der Waals surface area (Å²) < 4.78 is 26.1. The number of nitrogens with zero attached hydrogens (tertiary/aromatic N) is 2. The highest BCUT2D eigenvalue weighted by atomic mass is 32.2. The van der Waals surface area contributed by atoms with E-state index in [2.05, 4.69) is 48.3 Å². The highest BCUT2D eigenvalue weighted by Gasteiger charge is 2.26. The van der Waals surface area contributed by atoms with E-state index in [1.807, 2.05) is 0 Å². The first-order valence-corrected chi connectivity index (χ1v) is 12.2. The monoisotopic (exact) mass is 429 g/mol. The normalized spacial score (nSPS) is 15.6. The van der Waals surface area contributed by atoms with Crippen LogP contribution in [0.5, 0.6) is 0 Å². The smallest absolute Gasteiger partial charge is 0.251 e. The van der Waals surface area contributed by atoms with Gasteiger partial charge in [-0.05, 0) is 63.4 Å². The van der Waals surface area contributed by atoms with Crippen molar-refractivity contribution in [2.24, 2.45) is 0 Å². The van der Waals surface area contributed by atoms with Gasteiger partial charge in [0.15, 0.2) is 0 Å². The number of sulfonamides is 1. The van der Waals surface area contributed by atoms with Crippen LogP contribution in [-0.2, 0) is 10.0 Å². The lowest BCUT2D eigenvalue weighted by atomic mass is 10.1. The Kier molecular flexibility index (Phi) is 7.37. The second-order valence-electron chi connectivity index (χ2n) is 7.67. The summed E-state index contributed by atoms with van der Waals surface area (Å²) in [5.41, 5.74) is 3.48. The summed E-state index contributed by atoms with van der Waals surface area (Å²) in [7, 11) is -3.29. The van der Waals surface area contributed by atoms with E-state index in [9.17, 15) is 13.2 Å². The van der Waals surface area contributed by atoms with E-state index in [-0.39, 0.29) is 11.7 Å². The molecule has 3 rings (SSSR count). The average Bonchev–Trinajstić information content (AvgIpc) is 2.74. The van der Waals surface area contributed by atoms with Crippen molar-refractivity contribution in [1.82, 2.24) is 5.32 Å².